The molecule has 1 aliphatic rings. The first-order valence-corrected chi connectivity index (χ1v) is 15.6. The van der Waals surface area contributed by atoms with Gasteiger partial charge in [-0.3, -0.25) is 4.57 Å². The molecule has 0 aromatic heterocycles. The van der Waals surface area contributed by atoms with Crippen LogP contribution >= 0.6 is 7.37 Å². The van der Waals surface area contributed by atoms with Gasteiger partial charge in [0.2, 0.25) is 0 Å². The summed E-state index contributed by atoms with van der Waals surface area (Å²) in [6, 6.07) is 15.0. The van der Waals surface area contributed by atoms with Crippen molar-refractivity contribution in [2.75, 3.05) is 37.4 Å². The third kappa shape index (κ3) is 9.32. The summed E-state index contributed by atoms with van der Waals surface area (Å²) in [4.78, 5) is 12.3. The molecule has 2 atom stereocenters. The molecule has 3 rings (SSSR count). The molecule has 1 unspecified atom stereocenters. The molecule has 35 heavy (non-hydrogen) atoms. The van der Waals surface area contributed by atoms with Crippen LogP contribution in [0.5, 0.6) is 5.75 Å². The number of aryl methyl sites for hydroxylation is 2. The first-order valence-electron chi connectivity index (χ1n) is 13.3. The Hall–Kier alpha value is -1.77. The summed E-state index contributed by atoms with van der Waals surface area (Å²) in [6.45, 7) is 15.5. The molecule has 1 fully saturated rings. The highest BCUT2D eigenvalue weighted by atomic mass is 31.2. The fourth-order valence-electron chi connectivity index (χ4n) is 5.07. The van der Waals surface area contributed by atoms with E-state index in [1.807, 2.05) is 31.2 Å². The normalized spacial score (nSPS) is 17.7. The highest BCUT2D eigenvalue weighted by Crippen LogP contribution is 2.41. The maximum absolute atomic E-state index is 11.8. The summed E-state index contributed by atoms with van der Waals surface area (Å²) in [7, 11) is -3.04. The van der Waals surface area contributed by atoms with Gasteiger partial charge in [-0.1, -0.05) is 52.0 Å². The molecule has 1 saturated heterocycles. The first kappa shape index (κ1) is 27.8. The minimum Gasteiger partial charge on any atom is -0.493 e. The molecule has 0 aliphatic carbocycles. The molecular weight excluding hydrogens is 453 g/mol. The number of hydrogen-bond acceptors (Lipinski definition) is 3. The Kier molecular flexibility index (Phi) is 9.52. The van der Waals surface area contributed by atoms with Gasteiger partial charge < -0.3 is 14.5 Å². The number of benzene rings is 2. The predicted octanol–water partition coefficient (Wildman–Crippen LogP) is 7.66. The van der Waals surface area contributed by atoms with Crippen molar-refractivity contribution in [1.29, 1.82) is 0 Å². The lowest BCUT2D eigenvalue weighted by atomic mass is 9.88. The van der Waals surface area contributed by atoms with E-state index < -0.39 is 7.37 Å². The molecule has 1 aliphatic heterocycles. The van der Waals surface area contributed by atoms with E-state index in [0.29, 0.717) is 17.5 Å². The second kappa shape index (κ2) is 12.0. The van der Waals surface area contributed by atoms with Gasteiger partial charge in [-0.15, -0.1) is 0 Å². The third-order valence-electron chi connectivity index (χ3n) is 7.09. The highest BCUT2D eigenvalue weighted by molar-refractivity contribution is 7.57. The van der Waals surface area contributed by atoms with Crippen molar-refractivity contribution in [3.05, 3.63) is 59.2 Å². The lowest BCUT2D eigenvalue weighted by Gasteiger charge is -2.35. The van der Waals surface area contributed by atoms with Gasteiger partial charge in [0.1, 0.15) is 5.75 Å². The standard InChI is InChI=1S/C30H46NO3P/c1-23-12-13-26(10-8-16-30(3,4)5)29(19-23)31-17-14-25(15-18-31)21-34-28-11-7-9-27(20-28)24(2)22-35(6,32)33/h7,9,11-13,19-20,24-25H,8,10,14-18,21-22H2,1-6H3,(H,32,33)/t24-/m0/s1. The summed E-state index contributed by atoms with van der Waals surface area (Å²) in [6.07, 6.45) is 6.19. The maximum atomic E-state index is 11.8. The molecule has 5 heteroatoms. The lowest BCUT2D eigenvalue weighted by Crippen LogP contribution is -2.36. The number of nitrogens with zero attached hydrogens (tertiary/aromatic N) is 1. The van der Waals surface area contributed by atoms with Crippen molar-refractivity contribution in [2.24, 2.45) is 11.3 Å². The highest BCUT2D eigenvalue weighted by Gasteiger charge is 2.22. The zero-order valence-corrected chi connectivity index (χ0v) is 23.6. The van der Waals surface area contributed by atoms with Crippen LogP contribution in [0.4, 0.5) is 5.69 Å². The molecule has 1 N–H and O–H groups in total. The Morgan fingerprint density at radius 2 is 1.86 bits per heavy atom. The average molecular weight is 500 g/mol. The largest absolute Gasteiger partial charge is 0.493 e. The van der Waals surface area contributed by atoms with Crippen LogP contribution in [-0.4, -0.2) is 37.4 Å². The van der Waals surface area contributed by atoms with Crippen molar-refractivity contribution < 1.29 is 14.2 Å². The molecule has 4 nitrogen and oxygen atoms in total. The van der Waals surface area contributed by atoms with E-state index in [4.69, 9.17) is 4.74 Å². The Morgan fingerprint density at radius 1 is 1.14 bits per heavy atom. The van der Waals surface area contributed by atoms with Crippen molar-refractivity contribution >= 4 is 13.1 Å². The van der Waals surface area contributed by atoms with Crippen LogP contribution in [0.1, 0.15) is 76.0 Å². The second-order valence-corrected chi connectivity index (χ2v) is 14.5. The van der Waals surface area contributed by atoms with E-state index in [1.165, 1.54) is 36.3 Å². The van der Waals surface area contributed by atoms with Crippen LogP contribution < -0.4 is 9.64 Å². The van der Waals surface area contributed by atoms with Gasteiger partial charge in [-0.05, 0) is 91.2 Å². The minimum absolute atomic E-state index is 0.0366. The fraction of sp³-hybridized carbons (Fsp3) is 0.600. The Balaban J connectivity index is 1.53. The Morgan fingerprint density at radius 3 is 2.51 bits per heavy atom. The van der Waals surface area contributed by atoms with Gasteiger partial charge in [0.25, 0.3) is 0 Å². The average Bonchev–Trinajstić information content (AvgIpc) is 2.77. The molecule has 0 saturated carbocycles. The van der Waals surface area contributed by atoms with E-state index in [2.05, 4.69) is 50.8 Å². The van der Waals surface area contributed by atoms with Gasteiger partial charge >= 0.3 is 0 Å². The molecule has 194 valence electrons. The van der Waals surface area contributed by atoms with Gasteiger partial charge in [0.05, 0.1) is 6.61 Å². The molecular formula is C30H46NO3P. The van der Waals surface area contributed by atoms with Crippen LogP contribution in [0.2, 0.25) is 0 Å². The lowest BCUT2D eigenvalue weighted by molar-refractivity contribution is 0.222. The Bertz CT molecular complexity index is 999. The first-order chi connectivity index (χ1) is 16.4. The van der Waals surface area contributed by atoms with Crippen LogP contribution in [0.3, 0.4) is 0 Å². The molecule has 0 spiro atoms. The van der Waals surface area contributed by atoms with E-state index in [0.717, 1.165) is 50.3 Å². The van der Waals surface area contributed by atoms with Crippen molar-refractivity contribution in [2.45, 2.75) is 72.6 Å². The molecule has 0 amide bonds. The number of rotatable bonds is 10. The summed E-state index contributed by atoms with van der Waals surface area (Å²) in [5.41, 5.74) is 5.70. The summed E-state index contributed by atoms with van der Waals surface area (Å²) < 4.78 is 18.0. The van der Waals surface area contributed by atoms with Gasteiger partial charge in [0.15, 0.2) is 7.37 Å². The smallest absolute Gasteiger partial charge is 0.198 e. The van der Waals surface area contributed by atoms with E-state index in [-0.39, 0.29) is 5.92 Å². The second-order valence-electron chi connectivity index (χ2n) is 12.0. The van der Waals surface area contributed by atoms with Gasteiger partial charge in [-0.2, -0.15) is 0 Å². The van der Waals surface area contributed by atoms with E-state index in [9.17, 15) is 9.46 Å². The molecule has 0 radical (unpaired) electrons. The Labute approximate surface area is 213 Å². The summed E-state index contributed by atoms with van der Waals surface area (Å²) in [5, 5.41) is 0. The molecule has 0 bridgehead atoms. The molecule has 2 aromatic carbocycles. The molecule has 2 aromatic rings. The summed E-state index contributed by atoms with van der Waals surface area (Å²) in [5.74, 6) is 1.45. The van der Waals surface area contributed by atoms with Gasteiger partial charge in [0, 0.05) is 31.6 Å². The van der Waals surface area contributed by atoms with Crippen molar-refractivity contribution in [3.8, 4) is 5.75 Å². The molecule has 1 heterocycles. The van der Waals surface area contributed by atoms with Crippen LogP contribution in [0.25, 0.3) is 0 Å². The number of hydrogen-bond donors (Lipinski definition) is 1. The zero-order valence-electron chi connectivity index (χ0n) is 22.7. The fourth-order valence-corrected chi connectivity index (χ4v) is 6.29. The van der Waals surface area contributed by atoms with E-state index in [1.54, 1.807) is 0 Å². The summed E-state index contributed by atoms with van der Waals surface area (Å²) >= 11 is 0. The van der Waals surface area contributed by atoms with Crippen molar-refractivity contribution in [3.63, 3.8) is 0 Å². The van der Waals surface area contributed by atoms with Crippen LogP contribution in [-0.2, 0) is 11.0 Å². The minimum atomic E-state index is -3.04. The third-order valence-corrected chi connectivity index (χ3v) is 8.32. The monoisotopic (exact) mass is 499 g/mol. The maximum Gasteiger partial charge on any atom is 0.198 e. The van der Waals surface area contributed by atoms with Crippen LogP contribution in [0, 0.1) is 18.3 Å². The SMILES string of the molecule is Cc1ccc(CCCC(C)(C)C)c(N2CCC(COc3cccc([C@@H](C)CP(C)(=O)O)c3)CC2)c1. The van der Waals surface area contributed by atoms with Gasteiger partial charge in [-0.25, -0.2) is 0 Å². The van der Waals surface area contributed by atoms with Crippen LogP contribution in [0.15, 0.2) is 42.5 Å². The number of ether oxygens (including phenoxy) is 1. The zero-order chi connectivity index (χ0) is 25.6. The van der Waals surface area contributed by atoms with E-state index >= 15 is 0 Å². The number of piperidine rings is 1. The topological polar surface area (TPSA) is 49.8 Å². The number of anilines is 1. The van der Waals surface area contributed by atoms with Crippen molar-refractivity contribution in [1.82, 2.24) is 0 Å². The quantitative estimate of drug-likeness (QED) is 0.341. The predicted molar refractivity (Wildman–Crippen MR) is 149 cm³/mol.